The molecule has 0 bridgehead atoms. The van der Waals surface area contributed by atoms with Crippen LogP contribution >= 0.6 is 0 Å². The Morgan fingerprint density at radius 2 is 1.45 bits per heavy atom. The molecule has 0 spiro atoms. The zero-order valence-electron chi connectivity index (χ0n) is 20.1. The minimum atomic E-state index is -0.465. The fourth-order valence-electron chi connectivity index (χ4n) is 4.03. The molecule has 0 unspecified atom stereocenters. The molecule has 4 aromatic rings. The monoisotopic (exact) mass is 446 g/mol. The first-order valence-electron chi connectivity index (χ1n) is 11.0. The maximum Gasteiger partial charge on any atom is 0.337 e. The molecule has 33 heavy (non-hydrogen) atoms. The second-order valence-corrected chi connectivity index (χ2v) is 10.5. The number of benzene rings is 2. The number of rotatable bonds is 2. The van der Waals surface area contributed by atoms with Crippen LogP contribution in [0.2, 0.25) is 0 Å². The maximum absolute atomic E-state index is 13.0. The Morgan fingerprint density at radius 1 is 0.909 bits per heavy atom. The van der Waals surface area contributed by atoms with Gasteiger partial charge in [-0.15, -0.1) is 0 Å². The number of nitrogens with one attached hydrogen (secondary N) is 1. The van der Waals surface area contributed by atoms with E-state index < -0.39 is 11.2 Å². The largest absolute Gasteiger partial charge is 0.507 e. The van der Waals surface area contributed by atoms with Gasteiger partial charge in [-0.05, 0) is 35.1 Å². The van der Waals surface area contributed by atoms with Crippen LogP contribution in [0.3, 0.4) is 0 Å². The molecule has 7 nitrogen and oxygen atoms in total. The molecule has 0 saturated carbocycles. The molecule has 2 aromatic heterocycles. The Morgan fingerprint density at radius 3 is 1.97 bits per heavy atom. The third-order valence-corrected chi connectivity index (χ3v) is 5.91. The quantitative estimate of drug-likeness (QED) is 0.478. The predicted octanol–water partition coefficient (Wildman–Crippen LogP) is 4.38. The lowest BCUT2D eigenvalue weighted by molar-refractivity contribution is 0.423. The van der Waals surface area contributed by atoms with Crippen molar-refractivity contribution in [2.45, 2.75) is 52.4 Å². The number of fused-ring (bicyclic) bond motifs is 1. The number of H-pyrrole nitrogens is 1. The maximum atomic E-state index is 13.0. The third-order valence-electron chi connectivity index (χ3n) is 5.91. The van der Waals surface area contributed by atoms with Gasteiger partial charge in [-0.3, -0.25) is 9.36 Å². The Kier molecular flexibility index (Phi) is 5.11. The molecule has 172 valence electrons. The van der Waals surface area contributed by atoms with E-state index in [1.165, 1.54) is 11.6 Å². The first kappa shape index (κ1) is 22.6. The van der Waals surface area contributed by atoms with Crippen molar-refractivity contribution in [3.63, 3.8) is 0 Å². The molecule has 2 N–H and O–H groups in total. The van der Waals surface area contributed by atoms with Crippen LogP contribution in [0.4, 0.5) is 0 Å². The van der Waals surface area contributed by atoms with E-state index in [1.807, 2.05) is 71.9 Å². The number of aromatic nitrogens is 4. The summed E-state index contributed by atoms with van der Waals surface area (Å²) in [5.41, 5.74) is 1.94. The molecular weight excluding hydrogens is 416 g/mol. The van der Waals surface area contributed by atoms with Gasteiger partial charge in [0.25, 0.3) is 5.56 Å². The van der Waals surface area contributed by atoms with Gasteiger partial charge in [-0.1, -0.05) is 59.7 Å². The second kappa shape index (κ2) is 7.47. The highest BCUT2D eigenvalue weighted by atomic mass is 16.3. The summed E-state index contributed by atoms with van der Waals surface area (Å²) >= 11 is 0. The van der Waals surface area contributed by atoms with Crippen LogP contribution in [0.15, 0.2) is 52.1 Å². The number of hydrogen-bond donors (Lipinski definition) is 2. The smallest absolute Gasteiger partial charge is 0.337 e. The van der Waals surface area contributed by atoms with Crippen molar-refractivity contribution < 1.29 is 5.11 Å². The third kappa shape index (κ3) is 3.77. The van der Waals surface area contributed by atoms with Crippen molar-refractivity contribution in [3.05, 3.63) is 74.4 Å². The lowest BCUT2D eigenvalue weighted by Crippen LogP contribution is -2.37. The topological polar surface area (TPSA) is 92.9 Å². The molecule has 0 aliphatic heterocycles. The Hall–Kier alpha value is -3.61. The Bertz CT molecular complexity index is 1440. The van der Waals surface area contributed by atoms with E-state index in [0.717, 1.165) is 21.3 Å². The summed E-state index contributed by atoms with van der Waals surface area (Å²) in [6.45, 7) is 12.2. The fourth-order valence-corrected chi connectivity index (χ4v) is 4.03. The number of phenols is 1. The van der Waals surface area contributed by atoms with E-state index in [4.69, 9.17) is 4.98 Å². The lowest BCUT2D eigenvalue weighted by Gasteiger charge is -2.28. The van der Waals surface area contributed by atoms with Crippen molar-refractivity contribution in [1.29, 1.82) is 0 Å². The van der Waals surface area contributed by atoms with E-state index in [-0.39, 0.29) is 27.7 Å². The molecule has 2 heterocycles. The molecule has 0 saturated heterocycles. The fraction of sp³-hybridized carbons (Fsp3) is 0.346. The average molecular weight is 447 g/mol. The molecular formula is C26H30N4O3. The minimum absolute atomic E-state index is 0.249. The van der Waals surface area contributed by atoms with Gasteiger partial charge in [-0.2, -0.15) is 0 Å². The van der Waals surface area contributed by atoms with E-state index >= 15 is 0 Å². The van der Waals surface area contributed by atoms with Gasteiger partial charge in [0, 0.05) is 23.7 Å². The van der Waals surface area contributed by atoms with E-state index in [2.05, 4.69) is 4.98 Å². The van der Waals surface area contributed by atoms with Gasteiger partial charge in [-0.25, -0.2) is 14.3 Å². The zero-order chi connectivity index (χ0) is 24.3. The van der Waals surface area contributed by atoms with Crippen molar-refractivity contribution in [2.24, 2.45) is 7.05 Å². The predicted molar refractivity (Wildman–Crippen MR) is 131 cm³/mol. The molecule has 2 aromatic carbocycles. The normalized spacial score (nSPS) is 12.5. The van der Waals surface area contributed by atoms with Gasteiger partial charge in [0.05, 0.1) is 5.69 Å². The molecule has 0 fully saturated rings. The zero-order valence-corrected chi connectivity index (χ0v) is 20.1. The number of aromatic amines is 1. The van der Waals surface area contributed by atoms with Gasteiger partial charge in [0.1, 0.15) is 11.6 Å². The van der Waals surface area contributed by atoms with Gasteiger partial charge in [0.15, 0.2) is 11.2 Å². The molecule has 0 aliphatic rings. The van der Waals surface area contributed by atoms with Gasteiger partial charge >= 0.3 is 5.69 Å². The van der Waals surface area contributed by atoms with Crippen LogP contribution in [0.5, 0.6) is 5.75 Å². The molecule has 0 aliphatic carbocycles. The van der Waals surface area contributed by atoms with Crippen LogP contribution in [0, 0.1) is 0 Å². The standard InChI is InChI=1S/C26H30N4O3/c1-25(2,3)17-13-15(14-18(20(17)31)26(4,5)6)21-27-19-22(28-21)30(16-11-9-8-10-12-16)24(33)29(7)23(19)32/h8-14,31H,1-7H3,(H,27,28). The van der Waals surface area contributed by atoms with Gasteiger partial charge in [0.2, 0.25) is 0 Å². The van der Waals surface area contributed by atoms with E-state index in [1.54, 1.807) is 12.1 Å². The highest BCUT2D eigenvalue weighted by molar-refractivity contribution is 5.78. The van der Waals surface area contributed by atoms with Crippen LogP contribution in [-0.4, -0.2) is 24.2 Å². The summed E-state index contributed by atoms with van der Waals surface area (Å²) in [6, 6.07) is 12.9. The highest BCUT2D eigenvalue weighted by Crippen LogP contribution is 2.41. The summed E-state index contributed by atoms with van der Waals surface area (Å²) in [6.07, 6.45) is 0. The molecule has 0 radical (unpaired) electrons. The highest BCUT2D eigenvalue weighted by Gasteiger charge is 2.28. The summed E-state index contributed by atoms with van der Waals surface area (Å²) < 4.78 is 2.52. The van der Waals surface area contributed by atoms with Gasteiger partial charge < -0.3 is 10.1 Å². The first-order chi connectivity index (χ1) is 15.3. The number of aromatic hydroxyl groups is 1. The lowest BCUT2D eigenvalue weighted by atomic mass is 9.78. The summed E-state index contributed by atoms with van der Waals surface area (Å²) in [5, 5.41) is 11.1. The summed E-state index contributed by atoms with van der Waals surface area (Å²) in [7, 11) is 1.46. The Labute approximate surface area is 192 Å². The van der Waals surface area contributed by atoms with Crippen molar-refractivity contribution in [1.82, 2.24) is 19.1 Å². The van der Waals surface area contributed by atoms with Crippen molar-refractivity contribution >= 4 is 11.2 Å². The van der Waals surface area contributed by atoms with Crippen LogP contribution in [0.1, 0.15) is 52.7 Å². The first-order valence-corrected chi connectivity index (χ1v) is 11.0. The van der Waals surface area contributed by atoms with Crippen molar-refractivity contribution in [3.8, 4) is 22.8 Å². The number of hydrogen-bond acceptors (Lipinski definition) is 4. The van der Waals surface area contributed by atoms with Crippen LogP contribution in [0.25, 0.3) is 28.2 Å². The molecule has 7 heteroatoms. The number of nitrogens with zero attached hydrogens (tertiary/aromatic N) is 3. The van der Waals surface area contributed by atoms with E-state index in [0.29, 0.717) is 11.5 Å². The number of imidazole rings is 1. The molecule has 0 atom stereocenters. The van der Waals surface area contributed by atoms with Crippen LogP contribution < -0.4 is 11.2 Å². The molecule has 4 rings (SSSR count). The van der Waals surface area contributed by atoms with E-state index in [9.17, 15) is 14.7 Å². The summed E-state index contributed by atoms with van der Waals surface area (Å²) in [5.74, 6) is 0.736. The SMILES string of the molecule is Cn1c(=O)c2[nH]c(-c3cc(C(C)(C)C)c(O)c(C(C)(C)C)c3)nc2n(-c2ccccc2)c1=O. The number of para-hydroxylation sites is 1. The van der Waals surface area contributed by atoms with Crippen LogP contribution in [-0.2, 0) is 17.9 Å². The van der Waals surface area contributed by atoms with Crippen molar-refractivity contribution in [2.75, 3.05) is 0 Å². The minimum Gasteiger partial charge on any atom is -0.507 e. The molecule has 0 amide bonds. The second-order valence-electron chi connectivity index (χ2n) is 10.5. The average Bonchev–Trinajstić information content (AvgIpc) is 3.16. The Balaban J connectivity index is 2.08. The summed E-state index contributed by atoms with van der Waals surface area (Å²) in [4.78, 5) is 33.8. The number of phenolic OH excluding ortho intramolecular Hbond substituents is 1.